The van der Waals surface area contributed by atoms with Crippen molar-refractivity contribution < 1.29 is 9.53 Å². The molecule has 1 fully saturated rings. The predicted octanol–water partition coefficient (Wildman–Crippen LogP) is 6.43. The minimum absolute atomic E-state index is 0.00419. The lowest BCUT2D eigenvalue weighted by Gasteiger charge is -2.16. The summed E-state index contributed by atoms with van der Waals surface area (Å²) in [7, 11) is 3.64. The van der Waals surface area contributed by atoms with Gasteiger partial charge in [0, 0.05) is 29.6 Å². The number of hydrogen-bond acceptors (Lipinski definition) is 6. The van der Waals surface area contributed by atoms with Crippen LogP contribution in [0.4, 0.5) is 11.4 Å². The number of aliphatic imine (C=N–C) groups is 1. The van der Waals surface area contributed by atoms with Crippen molar-refractivity contribution in [1.29, 1.82) is 0 Å². The summed E-state index contributed by atoms with van der Waals surface area (Å²) in [5, 5.41) is 2.29. The van der Waals surface area contributed by atoms with E-state index in [-0.39, 0.29) is 5.91 Å². The van der Waals surface area contributed by atoms with E-state index in [1.54, 1.807) is 23.8 Å². The molecule has 4 rings (SSSR count). The van der Waals surface area contributed by atoms with Crippen LogP contribution in [0.5, 0.6) is 5.75 Å². The first kappa shape index (κ1) is 22.1. The van der Waals surface area contributed by atoms with Gasteiger partial charge in [0.15, 0.2) is 5.17 Å². The molecule has 162 valence electrons. The van der Waals surface area contributed by atoms with E-state index >= 15 is 0 Å². The van der Waals surface area contributed by atoms with Gasteiger partial charge in [-0.05, 0) is 54.9 Å². The Morgan fingerprint density at radius 3 is 2.68 bits per heavy atom. The molecule has 0 aliphatic carbocycles. The van der Waals surface area contributed by atoms with Crippen LogP contribution in [0.2, 0.25) is 5.02 Å². The molecule has 1 amide bonds. The molecule has 8 heteroatoms. The summed E-state index contributed by atoms with van der Waals surface area (Å²) < 4.78 is 5.37. The summed E-state index contributed by atoms with van der Waals surface area (Å²) in [5.74, 6) is 0.801. The van der Waals surface area contributed by atoms with Crippen molar-refractivity contribution in [1.82, 2.24) is 4.90 Å². The lowest BCUT2D eigenvalue weighted by molar-refractivity contribution is -0.122. The van der Waals surface area contributed by atoms with Crippen LogP contribution in [-0.4, -0.2) is 36.7 Å². The molecule has 0 spiro atoms. The second-order valence-corrected chi connectivity index (χ2v) is 9.78. The average molecular weight is 474 g/mol. The van der Waals surface area contributed by atoms with E-state index in [1.165, 1.54) is 11.8 Å². The van der Waals surface area contributed by atoms with E-state index in [9.17, 15) is 4.79 Å². The number of amidine groups is 1. The molecule has 2 heterocycles. The Morgan fingerprint density at radius 1 is 1.16 bits per heavy atom. The van der Waals surface area contributed by atoms with Crippen molar-refractivity contribution >= 4 is 57.6 Å². The normalized spacial score (nSPS) is 19.5. The summed E-state index contributed by atoms with van der Waals surface area (Å²) in [4.78, 5) is 23.9. The number of anilines is 1. The van der Waals surface area contributed by atoms with Gasteiger partial charge < -0.3 is 9.64 Å². The fraction of sp³-hybridized carbons (Fsp3) is 0.304. The Bertz CT molecular complexity index is 1100. The van der Waals surface area contributed by atoms with Gasteiger partial charge in [0.1, 0.15) is 10.7 Å². The summed E-state index contributed by atoms with van der Waals surface area (Å²) in [5.41, 5.74) is 2.79. The standard InChI is InChI=1S/C23H24ClN3O2S2/c1-5-6-11-27-21(28)20(31-23(27)25-15-8-7-14(2)17(24)12-15)22-26(3)18-13-16(29-4)9-10-19(18)30-22/h7-10,12-13H,5-6,11H2,1-4H3. The van der Waals surface area contributed by atoms with Gasteiger partial charge in [0.05, 0.1) is 23.5 Å². The third-order valence-electron chi connectivity index (χ3n) is 5.21. The van der Waals surface area contributed by atoms with Crippen LogP contribution in [0, 0.1) is 6.92 Å². The number of aryl methyl sites for hydroxylation is 1. The highest BCUT2D eigenvalue weighted by atomic mass is 35.5. The number of ether oxygens (including phenoxy) is 1. The van der Waals surface area contributed by atoms with Crippen molar-refractivity contribution in [3.8, 4) is 5.75 Å². The maximum absolute atomic E-state index is 13.4. The molecule has 5 nitrogen and oxygen atoms in total. The van der Waals surface area contributed by atoms with Crippen molar-refractivity contribution in [2.24, 2.45) is 4.99 Å². The van der Waals surface area contributed by atoms with Crippen LogP contribution in [0.25, 0.3) is 0 Å². The van der Waals surface area contributed by atoms with E-state index in [1.807, 2.05) is 50.4 Å². The number of amides is 1. The molecule has 2 aromatic rings. The molecule has 0 radical (unpaired) electrons. The number of halogens is 1. The third kappa shape index (κ3) is 4.31. The highest BCUT2D eigenvalue weighted by molar-refractivity contribution is 8.19. The van der Waals surface area contributed by atoms with Crippen LogP contribution in [0.1, 0.15) is 25.3 Å². The maximum atomic E-state index is 13.4. The number of benzene rings is 2. The molecule has 0 unspecified atom stereocenters. The topological polar surface area (TPSA) is 45.1 Å². The lowest BCUT2D eigenvalue weighted by Crippen LogP contribution is -2.30. The molecule has 0 atom stereocenters. The van der Waals surface area contributed by atoms with E-state index < -0.39 is 0 Å². The zero-order chi connectivity index (χ0) is 22.1. The Hall–Kier alpha value is -2.09. The third-order valence-corrected chi connectivity index (χ3v) is 8.05. The average Bonchev–Trinajstić information content (AvgIpc) is 3.25. The monoisotopic (exact) mass is 473 g/mol. The van der Waals surface area contributed by atoms with Gasteiger partial charge in [0.25, 0.3) is 5.91 Å². The maximum Gasteiger partial charge on any atom is 0.269 e. The quantitative estimate of drug-likeness (QED) is 0.468. The second kappa shape index (κ2) is 9.18. The lowest BCUT2D eigenvalue weighted by atomic mass is 10.2. The number of rotatable bonds is 5. The Morgan fingerprint density at radius 2 is 1.97 bits per heavy atom. The van der Waals surface area contributed by atoms with E-state index in [0.717, 1.165) is 45.5 Å². The minimum Gasteiger partial charge on any atom is -0.497 e. The number of thioether (sulfide) groups is 2. The number of fused-ring (bicyclic) bond motifs is 1. The van der Waals surface area contributed by atoms with Crippen molar-refractivity contribution in [3.05, 3.63) is 56.9 Å². The van der Waals surface area contributed by atoms with E-state index in [4.69, 9.17) is 21.3 Å². The highest BCUT2D eigenvalue weighted by Crippen LogP contribution is 2.51. The van der Waals surface area contributed by atoms with Crippen molar-refractivity contribution in [2.75, 3.05) is 25.6 Å². The number of carbonyl (C=O) groups is 1. The molecule has 0 bridgehead atoms. The summed E-state index contributed by atoms with van der Waals surface area (Å²) in [6.07, 6.45) is 1.92. The Labute approximate surface area is 196 Å². The zero-order valence-electron chi connectivity index (χ0n) is 17.9. The molecule has 31 heavy (non-hydrogen) atoms. The van der Waals surface area contributed by atoms with Crippen LogP contribution >= 0.6 is 35.1 Å². The molecule has 2 aliphatic heterocycles. The molecule has 2 aliphatic rings. The van der Waals surface area contributed by atoms with Gasteiger partial charge in [-0.3, -0.25) is 9.69 Å². The number of unbranched alkanes of at least 4 members (excludes halogenated alkanes) is 1. The number of carbonyl (C=O) groups excluding carboxylic acids is 1. The highest BCUT2D eigenvalue weighted by Gasteiger charge is 2.39. The fourth-order valence-corrected chi connectivity index (χ4v) is 5.87. The van der Waals surface area contributed by atoms with Crippen LogP contribution in [-0.2, 0) is 4.79 Å². The fourth-order valence-electron chi connectivity index (χ4n) is 3.35. The minimum atomic E-state index is 0.00419. The second-order valence-electron chi connectivity index (χ2n) is 7.37. The van der Waals surface area contributed by atoms with Gasteiger partial charge in [-0.25, -0.2) is 4.99 Å². The number of methoxy groups -OCH3 is 1. The zero-order valence-corrected chi connectivity index (χ0v) is 20.3. The Kier molecular flexibility index (Phi) is 6.55. The van der Waals surface area contributed by atoms with E-state index in [2.05, 4.69) is 11.8 Å². The number of hydrogen-bond donors (Lipinski definition) is 0. The van der Waals surface area contributed by atoms with Gasteiger partial charge in [-0.15, -0.1) is 0 Å². The van der Waals surface area contributed by atoms with Crippen LogP contribution in [0.15, 0.2) is 56.2 Å². The van der Waals surface area contributed by atoms with E-state index in [0.29, 0.717) is 21.6 Å². The van der Waals surface area contributed by atoms with Crippen molar-refractivity contribution in [2.45, 2.75) is 31.6 Å². The van der Waals surface area contributed by atoms with Gasteiger partial charge in [-0.1, -0.05) is 42.8 Å². The van der Waals surface area contributed by atoms with Gasteiger partial charge >= 0.3 is 0 Å². The van der Waals surface area contributed by atoms with Crippen molar-refractivity contribution in [3.63, 3.8) is 0 Å². The van der Waals surface area contributed by atoms with Crippen LogP contribution in [0.3, 0.4) is 0 Å². The molecular weight excluding hydrogens is 450 g/mol. The molecule has 1 saturated heterocycles. The van der Waals surface area contributed by atoms with Gasteiger partial charge in [0.2, 0.25) is 0 Å². The predicted molar refractivity (Wildman–Crippen MR) is 132 cm³/mol. The first-order valence-electron chi connectivity index (χ1n) is 10.1. The largest absolute Gasteiger partial charge is 0.497 e. The smallest absolute Gasteiger partial charge is 0.269 e. The molecule has 2 aromatic carbocycles. The Balaban J connectivity index is 1.72. The first-order valence-corrected chi connectivity index (χ1v) is 12.1. The molecule has 0 aromatic heterocycles. The summed E-state index contributed by atoms with van der Waals surface area (Å²) >= 11 is 9.33. The molecular formula is C23H24ClN3O2S2. The first-order chi connectivity index (χ1) is 14.9. The van der Waals surface area contributed by atoms with Crippen LogP contribution < -0.4 is 9.64 Å². The molecule has 0 saturated carbocycles. The molecule has 0 N–H and O–H groups in total. The summed E-state index contributed by atoms with van der Waals surface area (Å²) in [6, 6.07) is 11.7. The summed E-state index contributed by atoms with van der Waals surface area (Å²) in [6.45, 7) is 4.73. The number of nitrogens with zero attached hydrogens (tertiary/aromatic N) is 3. The van der Waals surface area contributed by atoms with Gasteiger partial charge in [-0.2, -0.15) is 0 Å². The SMILES string of the molecule is CCCCN1C(=O)C(=C2Sc3ccc(OC)cc3N2C)SC1=Nc1ccc(C)c(Cl)c1.